The van der Waals surface area contributed by atoms with Crippen molar-refractivity contribution in [3.63, 3.8) is 0 Å². The first-order valence-corrected chi connectivity index (χ1v) is 16.4. The first-order valence-electron chi connectivity index (χ1n) is 16.4. The van der Waals surface area contributed by atoms with Crippen molar-refractivity contribution in [3.8, 4) is 0 Å². The number of likely N-dealkylation sites (tertiary alicyclic amines) is 2. The van der Waals surface area contributed by atoms with Gasteiger partial charge in [-0.3, -0.25) is 14.7 Å². The number of carbonyl (C=O) groups excluding carboxylic acids is 3. The fourth-order valence-corrected chi connectivity index (χ4v) is 7.77. The monoisotopic (exact) mass is 617 g/mol. The Morgan fingerprint density at radius 2 is 1.67 bits per heavy atom. The summed E-state index contributed by atoms with van der Waals surface area (Å²) in [5, 5.41) is 3.11. The van der Waals surface area contributed by atoms with Gasteiger partial charge in [0.2, 0.25) is 0 Å². The van der Waals surface area contributed by atoms with Gasteiger partial charge in [0.15, 0.2) is 0 Å². The second-order valence-corrected chi connectivity index (χ2v) is 13.0. The van der Waals surface area contributed by atoms with Gasteiger partial charge in [-0.1, -0.05) is 30.3 Å². The summed E-state index contributed by atoms with van der Waals surface area (Å²) < 4.78 is 5.89. The van der Waals surface area contributed by atoms with E-state index in [9.17, 15) is 14.4 Å². The predicted octanol–water partition coefficient (Wildman–Crippen LogP) is 3.46. The molecule has 242 valence electrons. The van der Waals surface area contributed by atoms with Gasteiger partial charge in [-0.2, -0.15) is 0 Å². The Morgan fingerprint density at radius 3 is 2.40 bits per heavy atom. The van der Waals surface area contributed by atoms with Gasteiger partial charge >= 0.3 is 12.1 Å². The van der Waals surface area contributed by atoms with Gasteiger partial charge in [0.1, 0.15) is 18.6 Å². The number of nitrogen functional groups attached to an aromatic ring is 1. The van der Waals surface area contributed by atoms with Crippen LogP contribution in [0.3, 0.4) is 0 Å². The highest BCUT2D eigenvalue weighted by Crippen LogP contribution is 2.40. The zero-order chi connectivity index (χ0) is 31.4. The van der Waals surface area contributed by atoms with Gasteiger partial charge in [0.05, 0.1) is 0 Å². The molecule has 4 aliphatic rings. The molecule has 3 fully saturated rings. The Labute approximate surface area is 266 Å². The second-order valence-electron chi connectivity index (χ2n) is 13.0. The van der Waals surface area contributed by atoms with Gasteiger partial charge < -0.3 is 30.4 Å². The molecule has 2 aromatic carbocycles. The Balaban J connectivity index is 1.23. The fraction of sp³-hybridized carbons (Fsp3) is 0.559. The maximum Gasteiger partial charge on any atom is 0.411 e. The Bertz CT molecular complexity index is 1340. The minimum absolute atomic E-state index is 0.120. The largest absolute Gasteiger partial charge is 0.445 e. The number of carbonyl (C=O) groups is 3. The van der Waals surface area contributed by atoms with Gasteiger partial charge in [0.25, 0.3) is 0 Å². The zero-order valence-corrected chi connectivity index (χ0v) is 26.4. The fourth-order valence-electron chi connectivity index (χ4n) is 7.77. The molecule has 0 unspecified atom stereocenters. The number of likely N-dealkylation sites (N-methyl/N-ethyl adjacent to an activating group) is 1. The van der Waals surface area contributed by atoms with Crippen LogP contribution in [0.4, 0.5) is 21.0 Å². The van der Waals surface area contributed by atoms with E-state index >= 15 is 0 Å². The first kappa shape index (κ1) is 31.3. The van der Waals surface area contributed by atoms with Crippen LogP contribution in [-0.2, 0) is 22.6 Å². The third-order valence-electron chi connectivity index (χ3n) is 10.4. The number of ether oxygens (including phenoxy) is 1. The van der Waals surface area contributed by atoms with Crippen molar-refractivity contribution in [1.29, 1.82) is 0 Å². The van der Waals surface area contributed by atoms with E-state index in [0.717, 1.165) is 81.6 Å². The van der Waals surface area contributed by atoms with E-state index in [-0.39, 0.29) is 25.1 Å². The smallest absolute Gasteiger partial charge is 0.411 e. The van der Waals surface area contributed by atoms with Crippen LogP contribution in [0, 0.1) is 0 Å². The SMILES string of the molecule is CN1CCN(C2CCN([C@]3(CC=O)C[C@H](N4CCc5ccccc5NC4=O)CCN3C(=O)OCc3ccc(N)cc3)CC2)CC1. The molecule has 45 heavy (non-hydrogen) atoms. The number of piperidine rings is 2. The number of urea groups is 1. The van der Waals surface area contributed by atoms with E-state index in [4.69, 9.17) is 10.5 Å². The predicted molar refractivity (Wildman–Crippen MR) is 174 cm³/mol. The summed E-state index contributed by atoms with van der Waals surface area (Å²) in [7, 11) is 2.17. The summed E-state index contributed by atoms with van der Waals surface area (Å²) in [4.78, 5) is 51.0. The van der Waals surface area contributed by atoms with Crippen molar-refractivity contribution in [3.05, 3.63) is 59.7 Å². The summed E-state index contributed by atoms with van der Waals surface area (Å²) >= 11 is 0. The second kappa shape index (κ2) is 13.8. The molecule has 0 aromatic heterocycles. The highest BCUT2D eigenvalue weighted by molar-refractivity contribution is 5.91. The molecule has 11 nitrogen and oxygen atoms in total. The van der Waals surface area contributed by atoms with Crippen LogP contribution >= 0.6 is 0 Å². The molecule has 3 N–H and O–H groups in total. The molecule has 3 amide bonds. The lowest BCUT2D eigenvalue weighted by Crippen LogP contribution is -2.70. The summed E-state index contributed by atoms with van der Waals surface area (Å²) in [5.74, 6) is 0. The van der Waals surface area contributed by atoms with Crippen molar-refractivity contribution in [2.45, 2.75) is 62.9 Å². The van der Waals surface area contributed by atoms with Gasteiger partial charge in [-0.15, -0.1) is 0 Å². The van der Waals surface area contributed by atoms with E-state index in [1.54, 1.807) is 17.0 Å². The number of rotatable bonds is 7. The van der Waals surface area contributed by atoms with Crippen molar-refractivity contribution in [2.24, 2.45) is 0 Å². The standard InChI is InChI=1S/C34H47N7O4/c1-37-19-21-38(22-20-37)29-11-15-39(16-12-29)34(14-23-42)24-30(40-17-10-27-4-2-3-5-31(27)36-32(40)43)13-18-41(34)33(44)45-25-26-6-8-28(35)9-7-26/h2-9,23,29-30H,10-22,24-25,35H2,1H3,(H,36,43)/t30-,34+/m1/s1. The third kappa shape index (κ3) is 6.80. The first-order chi connectivity index (χ1) is 21.9. The number of hydrogen-bond donors (Lipinski definition) is 2. The van der Waals surface area contributed by atoms with Crippen LogP contribution in [0.15, 0.2) is 48.5 Å². The number of nitrogens with one attached hydrogen (secondary N) is 1. The molecule has 2 atom stereocenters. The Morgan fingerprint density at radius 1 is 0.956 bits per heavy atom. The molecule has 2 aromatic rings. The van der Waals surface area contributed by atoms with E-state index in [2.05, 4.69) is 33.1 Å². The van der Waals surface area contributed by atoms with E-state index < -0.39 is 11.8 Å². The average Bonchev–Trinajstić information content (AvgIpc) is 3.23. The average molecular weight is 618 g/mol. The molecular weight excluding hydrogens is 570 g/mol. The molecule has 0 aliphatic carbocycles. The van der Waals surface area contributed by atoms with Crippen LogP contribution in [0.1, 0.15) is 43.2 Å². The number of nitrogens with zero attached hydrogens (tertiary/aromatic N) is 5. The molecule has 4 aliphatic heterocycles. The van der Waals surface area contributed by atoms with Gasteiger partial charge in [0, 0.05) is 88.7 Å². The zero-order valence-electron chi connectivity index (χ0n) is 26.4. The summed E-state index contributed by atoms with van der Waals surface area (Å²) in [5.41, 5.74) is 8.42. The van der Waals surface area contributed by atoms with Crippen LogP contribution in [0.2, 0.25) is 0 Å². The number of para-hydroxylation sites is 1. The number of piperazine rings is 1. The van der Waals surface area contributed by atoms with Crippen LogP contribution in [-0.4, -0.2) is 120 Å². The van der Waals surface area contributed by atoms with Gasteiger partial charge in [-0.05, 0) is 62.1 Å². The van der Waals surface area contributed by atoms with Crippen LogP contribution < -0.4 is 11.1 Å². The molecule has 6 rings (SSSR count). The molecule has 0 spiro atoms. The molecule has 4 heterocycles. The number of hydrogen-bond acceptors (Lipinski definition) is 8. The Kier molecular flexibility index (Phi) is 9.58. The van der Waals surface area contributed by atoms with Crippen LogP contribution in [0.5, 0.6) is 0 Å². The molecule has 0 bridgehead atoms. The number of anilines is 2. The van der Waals surface area contributed by atoms with Crippen molar-refractivity contribution in [1.82, 2.24) is 24.5 Å². The normalized spacial score (nSPS) is 25.7. The van der Waals surface area contributed by atoms with Crippen molar-refractivity contribution in [2.75, 3.05) is 70.5 Å². The lowest BCUT2D eigenvalue weighted by Gasteiger charge is -2.57. The number of nitrogens with two attached hydrogens (primary N) is 1. The summed E-state index contributed by atoms with van der Waals surface area (Å²) in [6.45, 7) is 6.94. The Hall–Kier alpha value is -3.67. The molecule has 0 radical (unpaired) electrons. The summed E-state index contributed by atoms with van der Waals surface area (Å²) in [6.07, 6.45) is 4.47. The van der Waals surface area contributed by atoms with Crippen molar-refractivity contribution < 1.29 is 19.1 Å². The number of fused-ring (bicyclic) bond motifs is 1. The van der Waals surface area contributed by atoms with E-state index in [1.165, 1.54) is 0 Å². The molecule has 11 heteroatoms. The van der Waals surface area contributed by atoms with E-state index in [0.29, 0.717) is 37.7 Å². The highest BCUT2D eigenvalue weighted by Gasteiger charge is 2.52. The molecular formula is C34H47N7O4. The van der Waals surface area contributed by atoms with Gasteiger partial charge in [-0.25, -0.2) is 9.59 Å². The quantitative estimate of drug-likeness (QED) is 0.359. The van der Waals surface area contributed by atoms with Crippen molar-refractivity contribution >= 4 is 29.8 Å². The number of benzene rings is 2. The molecule has 3 saturated heterocycles. The van der Waals surface area contributed by atoms with E-state index in [1.807, 2.05) is 35.2 Å². The number of aldehydes is 1. The third-order valence-corrected chi connectivity index (χ3v) is 10.4. The lowest BCUT2D eigenvalue weighted by atomic mass is 9.84. The minimum Gasteiger partial charge on any atom is -0.445 e. The minimum atomic E-state index is -0.880. The maximum absolute atomic E-state index is 13.9. The summed E-state index contributed by atoms with van der Waals surface area (Å²) in [6, 6.07) is 15.5. The number of amides is 3. The lowest BCUT2D eigenvalue weighted by molar-refractivity contribution is -0.128. The maximum atomic E-state index is 13.9. The molecule has 0 saturated carbocycles. The van der Waals surface area contributed by atoms with Crippen LogP contribution in [0.25, 0.3) is 0 Å². The highest BCUT2D eigenvalue weighted by atomic mass is 16.6. The topological polar surface area (TPSA) is 115 Å².